The first-order valence-corrected chi connectivity index (χ1v) is 6.73. The van der Waals surface area contributed by atoms with Crippen LogP contribution < -0.4 is 4.74 Å². The first-order chi connectivity index (χ1) is 8.99. The Morgan fingerprint density at radius 1 is 1.32 bits per heavy atom. The van der Waals surface area contributed by atoms with Crippen LogP contribution in [0.25, 0.3) is 0 Å². The fourth-order valence-corrected chi connectivity index (χ4v) is 1.89. The van der Waals surface area contributed by atoms with E-state index in [2.05, 4.69) is 0 Å². The SMILES string of the molecule is CCN(CC)C(=O)C(C)Oc1cccc(C(C)O)c1. The van der Waals surface area contributed by atoms with Crippen LogP contribution in [0, 0.1) is 0 Å². The van der Waals surface area contributed by atoms with Gasteiger partial charge in [0.1, 0.15) is 5.75 Å². The minimum Gasteiger partial charge on any atom is -0.481 e. The molecule has 0 saturated carbocycles. The van der Waals surface area contributed by atoms with Crippen LogP contribution in [0.1, 0.15) is 39.4 Å². The van der Waals surface area contributed by atoms with Gasteiger partial charge in [-0.15, -0.1) is 0 Å². The second-order valence-corrected chi connectivity index (χ2v) is 4.52. The van der Waals surface area contributed by atoms with Crippen LogP contribution in [0.4, 0.5) is 0 Å². The highest BCUT2D eigenvalue weighted by Crippen LogP contribution is 2.20. The van der Waals surface area contributed by atoms with Gasteiger partial charge in [0.05, 0.1) is 6.10 Å². The maximum absolute atomic E-state index is 12.1. The first kappa shape index (κ1) is 15.5. The van der Waals surface area contributed by atoms with Crippen molar-refractivity contribution in [2.45, 2.75) is 39.9 Å². The molecular weight excluding hydrogens is 242 g/mol. The Labute approximate surface area is 115 Å². The van der Waals surface area contributed by atoms with Gasteiger partial charge in [-0.25, -0.2) is 0 Å². The summed E-state index contributed by atoms with van der Waals surface area (Å²) in [6.45, 7) is 8.69. The van der Waals surface area contributed by atoms with E-state index in [4.69, 9.17) is 4.74 Å². The number of likely N-dealkylation sites (N-methyl/N-ethyl adjacent to an activating group) is 1. The zero-order valence-electron chi connectivity index (χ0n) is 12.1. The van der Waals surface area contributed by atoms with Crippen LogP contribution >= 0.6 is 0 Å². The summed E-state index contributed by atoms with van der Waals surface area (Å²) in [4.78, 5) is 13.8. The second-order valence-electron chi connectivity index (χ2n) is 4.52. The number of ether oxygens (including phenoxy) is 1. The van der Waals surface area contributed by atoms with E-state index in [0.717, 1.165) is 5.56 Å². The van der Waals surface area contributed by atoms with Crippen molar-refractivity contribution in [3.63, 3.8) is 0 Å². The summed E-state index contributed by atoms with van der Waals surface area (Å²) in [5.74, 6) is 0.582. The van der Waals surface area contributed by atoms with Gasteiger partial charge in [0.25, 0.3) is 5.91 Å². The fraction of sp³-hybridized carbons (Fsp3) is 0.533. The Bertz CT molecular complexity index is 414. The lowest BCUT2D eigenvalue weighted by atomic mass is 10.1. The molecule has 0 fully saturated rings. The molecule has 1 aromatic carbocycles. The number of hydrogen-bond donors (Lipinski definition) is 1. The number of amides is 1. The van der Waals surface area contributed by atoms with Gasteiger partial charge >= 0.3 is 0 Å². The average Bonchev–Trinajstić information content (AvgIpc) is 2.40. The number of hydrogen-bond acceptors (Lipinski definition) is 3. The van der Waals surface area contributed by atoms with Crippen LogP contribution in [-0.2, 0) is 4.79 Å². The molecule has 1 N–H and O–H groups in total. The molecule has 0 spiro atoms. The fourth-order valence-electron chi connectivity index (χ4n) is 1.89. The third kappa shape index (κ3) is 4.24. The van der Waals surface area contributed by atoms with Gasteiger partial charge in [-0.3, -0.25) is 4.79 Å². The van der Waals surface area contributed by atoms with E-state index in [1.54, 1.807) is 30.9 Å². The number of carbonyl (C=O) groups is 1. The number of aliphatic hydroxyl groups excluding tert-OH is 1. The number of benzene rings is 1. The van der Waals surface area contributed by atoms with Crippen molar-refractivity contribution in [3.8, 4) is 5.75 Å². The summed E-state index contributed by atoms with van der Waals surface area (Å²) in [6.07, 6.45) is -1.07. The van der Waals surface area contributed by atoms with Crippen LogP contribution in [0.15, 0.2) is 24.3 Å². The van der Waals surface area contributed by atoms with Gasteiger partial charge in [-0.05, 0) is 45.4 Å². The molecule has 2 atom stereocenters. The van der Waals surface area contributed by atoms with Gasteiger partial charge in [-0.2, -0.15) is 0 Å². The van der Waals surface area contributed by atoms with E-state index in [1.165, 1.54) is 0 Å². The van der Waals surface area contributed by atoms with Crippen LogP contribution in [0.3, 0.4) is 0 Å². The van der Waals surface area contributed by atoms with E-state index >= 15 is 0 Å². The summed E-state index contributed by atoms with van der Waals surface area (Å²) in [6, 6.07) is 7.19. The number of nitrogens with zero attached hydrogens (tertiary/aromatic N) is 1. The van der Waals surface area contributed by atoms with Crippen LogP contribution in [0.5, 0.6) is 5.75 Å². The monoisotopic (exact) mass is 265 g/mol. The molecule has 0 heterocycles. The Kier molecular flexibility index (Phi) is 5.83. The molecular formula is C15H23NO3. The third-order valence-electron chi connectivity index (χ3n) is 3.08. The van der Waals surface area contributed by atoms with E-state index in [9.17, 15) is 9.90 Å². The molecule has 1 rings (SSSR count). The lowest BCUT2D eigenvalue weighted by molar-refractivity contribution is -0.137. The maximum Gasteiger partial charge on any atom is 0.263 e. The zero-order chi connectivity index (χ0) is 14.4. The van der Waals surface area contributed by atoms with Crippen molar-refractivity contribution in [2.75, 3.05) is 13.1 Å². The van der Waals surface area contributed by atoms with Crippen molar-refractivity contribution < 1.29 is 14.6 Å². The highest BCUT2D eigenvalue weighted by atomic mass is 16.5. The molecule has 19 heavy (non-hydrogen) atoms. The van der Waals surface area contributed by atoms with Crippen LogP contribution in [0.2, 0.25) is 0 Å². The molecule has 0 radical (unpaired) electrons. The standard InChI is InChI=1S/C15H23NO3/c1-5-16(6-2)15(18)12(4)19-14-9-7-8-13(10-14)11(3)17/h7-12,17H,5-6H2,1-4H3. The smallest absolute Gasteiger partial charge is 0.263 e. The number of rotatable bonds is 6. The Morgan fingerprint density at radius 2 is 1.95 bits per heavy atom. The molecule has 1 aromatic rings. The summed E-state index contributed by atoms with van der Waals surface area (Å²) in [5.41, 5.74) is 0.778. The van der Waals surface area contributed by atoms with Gasteiger partial charge in [0, 0.05) is 13.1 Å². The molecule has 0 saturated heterocycles. The average molecular weight is 265 g/mol. The number of carbonyl (C=O) groups excluding carboxylic acids is 1. The molecule has 0 aliphatic rings. The highest BCUT2D eigenvalue weighted by Gasteiger charge is 2.19. The molecule has 0 aliphatic carbocycles. The highest BCUT2D eigenvalue weighted by molar-refractivity contribution is 5.80. The zero-order valence-corrected chi connectivity index (χ0v) is 12.1. The largest absolute Gasteiger partial charge is 0.481 e. The van der Waals surface area contributed by atoms with Gasteiger partial charge in [0.2, 0.25) is 0 Å². The lowest BCUT2D eigenvalue weighted by Crippen LogP contribution is -2.40. The topological polar surface area (TPSA) is 49.8 Å². The predicted octanol–water partition coefficient (Wildman–Crippen LogP) is 2.38. The van der Waals surface area contributed by atoms with Gasteiger partial charge < -0.3 is 14.7 Å². The predicted molar refractivity (Wildman–Crippen MR) is 75.1 cm³/mol. The molecule has 2 unspecified atom stereocenters. The summed E-state index contributed by atoms with van der Waals surface area (Å²) >= 11 is 0. The maximum atomic E-state index is 12.1. The molecule has 0 aliphatic heterocycles. The van der Waals surface area contributed by atoms with Crippen LogP contribution in [-0.4, -0.2) is 35.1 Å². The molecule has 4 heteroatoms. The summed E-state index contributed by atoms with van der Waals surface area (Å²) in [5, 5.41) is 9.53. The molecule has 1 amide bonds. The van der Waals surface area contributed by atoms with Crippen molar-refractivity contribution >= 4 is 5.91 Å². The van der Waals surface area contributed by atoms with Crippen molar-refractivity contribution in [1.29, 1.82) is 0 Å². The quantitative estimate of drug-likeness (QED) is 0.859. The van der Waals surface area contributed by atoms with Crippen molar-refractivity contribution in [3.05, 3.63) is 29.8 Å². The van der Waals surface area contributed by atoms with E-state index in [-0.39, 0.29) is 5.91 Å². The lowest BCUT2D eigenvalue weighted by Gasteiger charge is -2.23. The van der Waals surface area contributed by atoms with Gasteiger partial charge in [0.15, 0.2) is 6.10 Å². The second kappa shape index (κ2) is 7.14. The van der Waals surface area contributed by atoms with E-state index < -0.39 is 12.2 Å². The first-order valence-electron chi connectivity index (χ1n) is 6.73. The third-order valence-corrected chi connectivity index (χ3v) is 3.08. The molecule has 0 bridgehead atoms. The van der Waals surface area contributed by atoms with Crippen molar-refractivity contribution in [2.24, 2.45) is 0 Å². The Balaban J connectivity index is 2.73. The minimum absolute atomic E-state index is 0.0209. The summed E-state index contributed by atoms with van der Waals surface area (Å²) < 4.78 is 5.65. The van der Waals surface area contributed by atoms with E-state index in [0.29, 0.717) is 18.8 Å². The normalized spacial score (nSPS) is 13.7. The van der Waals surface area contributed by atoms with Gasteiger partial charge in [-0.1, -0.05) is 12.1 Å². The summed E-state index contributed by atoms with van der Waals surface area (Å²) in [7, 11) is 0. The number of aliphatic hydroxyl groups is 1. The molecule has 106 valence electrons. The molecule has 4 nitrogen and oxygen atoms in total. The van der Waals surface area contributed by atoms with Crippen molar-refractivity contribution in [1.82, 2.24) is 4.90 Å². The molecule has 0 aromatic heterocycles. The van der Waals surface area contributed by atoms with E-state index in [1.807, 2.05) is 26.0 Å². The Morgan fingerprint density at radius 3 is 2.47 bits per heavy atom. The Hall–Kier alpha value is -1.55. The minimum atomic E-state index is -0.544.